The van der Waals surface area contributed by atoms with Gasteiger partial charge in [0.2, 0.25) is 5.91 Å². The van der Waals surface area contributed by atoms with Gasteiger partial charge in [-0.3, -0.25) is 9.48 Å². The van der Waals surface area contributed by atoms with E-state index >= 15 is 0 Å². The van der Waals surface area contributed by atoms with Crippen molar-refractivity contribution in [1.82, 2.24) is 15.1 Å². The van der Waals surface area contributed by atoms with Crippen LogP contribution in [-0.4, -0.2) is 21.2 Å². The van der Waals surface area contributed by atoms with Gasteiger partial charge in [0.15, 0.2) is 0 Å². The highest BCUT2D eigenvalue weighted by molar-refractivity contribution is 5.90. The van der Waals surface area contributed by atoms with Gasteiger partial charge in [0.1, 0.15) is 5.54 Å². The van der Waals surface area contributed by atoms with Crippen LogP contribution < -0.4 is 10.6 Å². The van der Waals surface area contributed by atoms with Crippen LogP contribution in [0.3, 0.4) is 0 Å². The summed E-state index contributed by atoms with van der Waals surface area (Å²) in [6.45, 7) is 4.16. The van der Waals surface area contributed by atoms with Crippen LogP contribution in [0.2, 0.25) is 0 Å². The highest BCUT2D eigenvalue weighted by atomic mass is 16.2. The third kappa shape index (κ3) is 3.86. The molecule has 3 rings (SSSR count). The number of carbonyl (C=O) groups is 1. The summed E-state index contributed by atoms with van der Waals surface area (Å²) in [5.74, 6) is 0.0984. The van der Waals surface area contributed by atoms with Crippen LogP contribution in [0.1, 0.15) is 56.2 Å². The molecular weight excluding hydrogens is 312 g/mol. The lowest BCUT2D eigenvalue weighted by molar-refractivity contribution is -0.126. The fourth-order valence-corrected chi connectivity index (χ4v) is 3.64. The molecule has 1 aromatic heterocycles. The predicted octanol–water partition coefficient (Wildman–Crippen LogP) is 3.72. The number of aryl methyl sites for hydroxylation is 2. The summed E-state index contributed by atoms with van der Waals surface area (Å²) in [6, 6.07) is 8.27. The molecule has 5 nitrogen and oxygen atoms in total. The molecule has 25 heavy (non-hydrogen) atoms. The van der Waals surface area contributed by atoms with Crippen molar-refractivity contribution < 1.29 is 4.79 Å². The van der Waals surface area contributed by atoms with E-state index in [2.05, 4.69) is 53.8 Å². The van der Waals surface area contributed by atoms with E-state index < -0.39 is 5.54 Å². The Morgan fingerprint density at radius 3 is 2.52 bits per heavy atom. The first kappa shape index (κ1) is 17.5. The smallest absolute Gasteiger partial charge is 0.246 e. The molecule has 1 aliphatic rings. The van der Waals surface area contributed by atoms with Crippen molar-refractivity contribution in [2.24, 2.45) is 7.05 Å². The van der Waals surface area contributed by atoms with E-state index in [9.17, 15) is 4.79 Å². The number of benzene rings is 1. The van der Waals surface area contributed by atoms with Gasteiger partial charge in [-0.1, -0.05) is 37.5 Å². The average molecular weight is 340 g/mol. The normalized spacial score (nSPS) is 17.2. The minimum Gasteiger partial charge on any atom is -0.371 e. The molecule has 0 bridgehead atoms. The number of hydrogen-bond donors (Lipinski definition) is 2. The maximum Gasteiger partial charge on any atom is 0.246 e. The van der Waals surface area contributed by atoms with Gasteiger partial charge in [-0.25, -0.2) is 0 Å². The molecule has 0 spiro atoms. The molecule has 0 unspecified atom stereocenters. The minimum atomic E-state index is -0.509. The number of hydrogen-bond acceptors (Lipinski definition) is 3. The summed E-state index contributed by atoms with van der Waals surface area (Å²) in [6.07, 6.45) is 8.56. The van der Waals surface area contributed by atoms with Crippen molar-refractivity contribution in [1.29, 1.82) is 0 Å². The van der Waals surface area contributed by atoms with Crippen LogP contribution in [0.15, 0.2) is 36.7 Å². The second-order valence-electron chi connectivity index (χ2n) is 7.16. The molecule has 5 heteroatoms. The van der Waals surface area contributed by atoms with E-state index in [1.165, 1.54) is 5.56 Å². The van der Waals surface area contributed by atoms with Gasteiger partial charge in [0.05, 0.1) is 12.2 Å². The van der Waals surface area contributed by atoms with Crippen molar-refractivity contribution in [2.45, 2.75) is 57.5 Å². The molecule has 0 radical (unpaired) electrons. The van der Waals surface area contributed by atoms with Crippen LogP contribution in [0.4, 0.5) is 5.69 Å². The van der Waals surface area contributed by atoms with E-state index in [4.69, 9.17) is 0 Å². The SMILES string of the molecule is CC[C@H](NC(=O)C1(Nc2ccc(C)cc2)CCCC1)c1cnn(C)c1. The Balaban J connectivity index is 1.77. The molecule has 0 saturated heterocycles. The summed E-state index contributed by atoms with van der Waals surface area (Å²) < 4.78 is 1.78. The van der Waals surface area contributed by atoms with Crippen molar-refractivity contribution >= 4 is 11.6 Å². The zero-order valence-corrected chi connectivity index (χ0v) is 15.4. The first-order chi connectivity index (χ1) is 12.0. The van der Waals surface area contributed by atoms with Crippen LogP contribution in [0.25, 0.3) is 0 Å². The second-order valence-corrected chi connectivity index (χ2v) is 7.16. The molecule has 2 aromatic rings. The number of aromatic nitrogens is 2. The number of carbonyl (C=O) groups excluding carboxylic acids is 1. The molecule has 1 heterocycles. The predicted molar refractivity (Wildman–Crippen MR) is 100 cm³/mol. The Hall–Kier alpha value is -2.30. The largest absolute Gasteiger partial charge is 0.371 e. The van der Waals surface area contributed by atoms with Gasteiger partial charge in [-0.2, -0.15) is 5.10 Å². The summed E-state index contributed by atoms with van der Waals surface area (Å²) in [5, 5.41) is 11.0. The van der Waals surface area contributed by atoms with Crippen LogP contribution >= 0.6 is 0 Å². The van der Waals surface area contributed by atoms with Gasteiger partial charge >= 0.3 is 0 Å². The Morgan fingerprint density at radius 1 is 1.28 bits per heavy atom. The monoisotopic (exact) mass is 340 g/mol. The van der Waals surface area contributed by atoms with E-state index in [1.54, 1.807) is 4.68 Å². The fourth-order valence-electron chi connectivity index (χ4n) is 3.64. The Labute approximate surface area is 149 Å². The van der Waals surface area contributed by atoms with Crippen LogP contribution in [0.5, 0.6) is 0 Å². The topological polar surface area (TPSA) is 59.0 Å². The molecule has 1 saturated carbocycles. The number of rotatable bonds is 6. The molecule has 2 N–H and O–H groups in total. The average Bonchev–Trinajstić information content (AvgIpc) is 3.24. The summed E-state index contributed by atoms with van der Waals surface area (Å²) in [4.78, 5) is 13.2. The van der Waals surface area contributed by atoms with Crippen molar-refractivity contribution in [2.75, 3.05) is 5.32 Å². The molecule has 1 aliphatic carbocycles. The number of amides is 1. The third-order valence-electron chi connectivity index (χ3n) is 5.17. The summed E-state index contributed by atoms with van der Waals surface area (Å²) in [5.41, 5.74) is 2.78. The van der Waals surface area contributed by atoms with Gasteiger partial charge in [0, 0.05) is 24.5 Å². The lowest BCUT2D eigenvalue weighted by Crippen LogP contribution is -2.51. The Bertz CT molecular complexity index is 714. The van der Waals surface area contributed by atoms with Crippen molar-refractivity contribution in [3.63, 3.8) is 0 Å². The zero-order valence-electron chi connectivity index (χ0n) is 15.4. The van der Waals surface area contributed by atoms with E-state index in [0.29, 0.717) is 0 Å². The van der Waals surface area contributed by atoms with Gasteiger partial charge in [-0.05, 0) is 38.3 Å². The number of nitrogens with zero attached hydrogens (tertiary/aromatic N) is 2. The number of nitrogens with one attached hydrogen (secondary N) is 2. The molecule has 1 fully saturated rings. The van der Waals surface area contributed by atoms with Crippen molar-refractivity contribution in [3.05, 3.63) is 47.8 Å². The summed E-state index contributed by atoms with van der Waals surface area (Å²) >= 11 is 0. The highest BCUT2D eigenvalue weighted by Gasteiger charge is 2.41. The van der Waals surface area contributed by atoms with Gasteiger partial charge in [0.25, 0.3) is 0 Å². The number of anilines is 1. The fraction of sp³-hybridized carbons (Fsp3) is 0.500. The van der Waals surface area contributed by atoms with Crippen LogP contribution in [0, 0.1) is 6.92 Å². The van der Waals surface area contributed by atoms with E-state index in [1.807, 2.05) is 19.4 Å². The molecule has 1 aromatic carbocycles. The Morgan fingerprint density at radius 2 is 1.96 bits per heavy atom. The third-order valence-corrected chi connectivity index (χ3v) is 5.17. The maximum atomic E-state index is 13.2. The first-order valence-electron chi connectivity index (χ1n) is 9.17. The molecule has 134 valence electrons. The molecular formula is C20H28N4O. The van der Waals surface area contributed by atoms with Crippen LogP contribution in [-0.2, 0) is 11.8 Å². The lowest BCUT2D eigenvalue weighted by Gasteiger charge is -2.32. The zero-order chi connectivity index (χ0) is 17.9. The molecule has 0 aliphatic heterocycles. The van der Waals surface area contributed by atoms with E-state index in [0.717, 1.165) is 43.4 Å². The van der Waals surface area contributed by atoms with Crippen molar-refractivity contribution in [3.8, 4) is 0 Å². The maximum absolute atomic E-state index is 13.2. The minimum absolute atomic E-state index is 0.00140. The lowest BCUT2D eigenvalue weighted by atomic mass is 9.94. The van der Waals surface area contributed by atoms with E-state index in [-0.39, 0.29) is 11.9 Å². The van der Waals surface area contributed by atoms with Gasteiger partial charge < -0.3 is 10.6 Å². The second kappa shape index (κ2) is 7.30. The van der Waals surface area contributed by atoms with Gasteiger partial charge in [-0.15, -0.1) is 0 Å². The standard InChI is InChI=1S/C20H28N4O/c1-4-18(16-13-21-24(3)14-16)22-19(25)20(11-5-6-12-20)23-17-9-7-15(2)8-10-17/h7-10,13-14,18,23H,4-6,11-12H2,1-3H3,(H,22,25)/t18-/m0/s1. The Kier molecular flexibility index (Phi) is 5.11. The highest BCUT2D eigenvalue weighted by Crippen LogP contribution is 2.34. The first-order valence-corrected chi connectivity index (χ1v) is 9.17. The quantitative estimate of drug-likeness (QED) is 0.842. The summed E-state index contributed by atoms with van der Waals surface area (Å²) in [7, 11) is 1.90. The molecule has 1 amide bonds. The molecule has 1 atom stereocenters.